The molecule has 2 aromatic carbocycles. The Balaban J connectivity index is 1.80. The van der Waals surface area contributed by atoms with Crippen molar-refractivity contribution in [3.05, 3.63) is 58.3 Å². The van der Waals surface area contributed by atoms with Crippen molar-refractivity contribution in [2.45, 2.75) is 30.5 Å². The minimum atomic E-state index is 0.711. The molecule has 6 heteroatoms. The molecule has 1 heterocycles. The molecular weight excluding hydrogens is 375 g/mol. The Morgan fingerprint density at radius 2 is 1.84 bits per heavy atom. The number of aryl methyl sites for hydroxylation is 1. The second kappa shape index (κ2) is 8.95. The van der Waals surface area contributed by atoms with Crippen molar-refractivity contribution in [3.8, 4) is 0 Å². The molecule has 0 N–H and O–H groups in total. The van der Waals surface area contributed by atoms with Crippen molar-refractivity contribution < 1.29 is 4.74 Å². The molecule has 132 valence electrons. The number of hydrogen-bond donors (Lipinski definition) is 0. The first-order valence-electron chi connectivity index (χ1n) is 8.28. The zero-order chi connectivity index (χ0) is 17.6. The van der Waals surface area contributed by atoms with Crippen LogP contribution >= 0.6 is 35.0 Å². The molecular formula is C19H20Cl2N2OS. The Hall–Kier alpha value is -1.20. The van der Waals surface area contributed by atoms with Crippen molar-refractivity contribution in [3.63, 3.8) is 0 Å². The molecule has 0 fully saturated rings. The van der Waals surface area contributed by atoms with Crippen LogP contribution in [0.4, 0.5) is 0 Å². The van der Waals surface area contributed by atoms with Crippen LogP contribution in [0.15, 0.2) is 47.4 Å². The predicted molar refractivity (Wildman–Crippen MR) is 107 cm³/mol. The summed E-state index contributed by atoms with van der Waals surface area (Å²) in [6.07, 6.45) is 0.959. The van der Waals surface area contributed by atoms with Gasteiger partial charge in [-0.15, -0.1) is 11.8 Å². The Labute approximate surface area is 162 Å². The summed E-state index contributed by atoms with van der Waals surface area (Å²) in [4.78, 5) is 5.97. The van der Waals surface area contributed by atoms with Crippen LogP contribution in [0.3, 0.4) is 0 Å². The predicted octanol–water partition coefficient (Wildman–Crippen LogP) is 6.06. The monoisotopic (exact) mass is 394 g/mol. The topological polar surface area (TPSA) is 27.1 Å². The highest BCUT2D eigenvalue weighted by Gasteiger charge is 2.11. The van der Waals surface area contributed by atoms with Crippen molar-refractivity contribution in [1.82, 2.24) is 9.55 Å². The summed E-state index contributed by atoms with van der Waals surface area (Å²) >= 11 is 13.8. The summed E-state index contributed by atoms with van der Waals surface area (Å²) in [5.74, 6) is 1.84. The lowest BCUT2D eigenvalue weighted by atomic mass is 10.3. The van der Waals surface area contributed by atoms with Gasteiger partial charge in [-0.2, -0.15) is 0 Å². The van der Waals surface area contributed by atoms with Crippen molar-refractivity contribution in [2.75, 3.05) is 13.2 Å². The van der Waals surface area contributed by atoms with E-state index < -0.39 is 0 Å². The quantitative estimate of drug-likeness (QED) is 0.343. The van der Waals surface area contributed by atoms with Gasteiger partial charge in [0.2, 0.25) is 0 Å². The third kappa shape index (κ3) is 4.91. The van der Waals surface area contributed by atoms with Crippen LogP contribution in [0.2, 0.25) is 10.0 Å². The number of halogens is 2. The van der Waals surface area contributed by atoms with E-state index in [4.69, 9.17) is 32.9 Å². The normalized spacial score (nSPS) is 11.3. The number of aromatic nitrogens is 2. The van der Waals surface area contributed by atoms with Gasteiger partial charge in [-0.1, -0.05) is 23.2 Å². The molecule has 3 aromatic rings. The van der Waals surface area contributed by atoms with Gasteiger partial charge in [0, 0.05) is 34.7 Å². The van der Waals surface area contributed by atoms with Gasteiger partial charge in [-0.25, -0.2) is 4.98 Å². The van der Waals surface area contributed by atoms with Gasteiger partial charge in [0.15, 0.2) is 0 Å². The van der Waals surface area contributed by atoms with Crippen molar-refractivity contribution in [1.29, 1.82) is 0 Å². The lowest BCUT2D eigenvalue weighted by molar-refractivity contribution is 0.142. The molecule has 0 aliphatic rings. The maximum absolute atomic E-state index is 6.13. The van der Waals surface area contributed by atoms with Gasteiger partial charge in [0.05, 0.1) is 16.8 Å². The van der Waals surface area contributed by atoms with Crippen LogP contribution in [-0.2, 0) is 17.0 Å². The third-order valence-corrected chi connectivity index (χ3v) is 5.34. The molecule has 0 radical (unpaired) electrons. The molecule has 0 spiro atoms. The van der Waals surface area contributed by atoms with Crippen LogP contribution in [0.1, 0.15) is 19.2 Å². The van der Waals surface area contributed by atoms with Crippen LogP contribution < -0.4 is 0 Å². The van der Waals surface area contributed by atoms with E-state index in [1.165, 1.54) is 4.90 Å². The molecule has 1 aromatic heterocycles. The molecule has 0 bridgehead atoms. The van der Waals surface area contributed by atoms with Gasteiger partial charge >= 0.3 is 0 Å². The number of fused-ring (bicyclic) bond motifs is 1. The smallest absolute Gasteiger partial charge is 0.120 e. The first-order chi connectivity index (χ1) is 12.2. The number of rotatable bonds is 8. The van der Waals surface area contributed by atoms with Crippen LogP contribution in [0, 0.1) is 0 Å². The summed E-state index contributed by atoms with van der Waals surface area (Å²) in [6, 6.07) is 13.8. The number of nitrogens with zero attached hydrogens (tertiary/aromatic N) is 2. The zero-order valence-electron chi connectivity index (χ0n) is 14.0. The molecule has 0 unspecified atom stereocenters. The van der Waals surface area contributed by atoms with E-state index in [2.05, 4.69) is 4.57 Å². The third-order valence-electron chi connectivity index (χ3n) is 3.85. The minimum Gasteiger partial charge on any atom is -0.382 e. The highest BCUT2D eigenvalue weighted by Crippen LogP contribution is 2.27. The average Bonchev–Trinajstić information content (AvgIpc) is 2.95. The lowest BCUT2D eigenvalue weighted by Gasteiger charge is -2.09. The minimum absolute atomic E-state index is 0.711. The van der Waals surface area contributed by atoms with Gasteiger partial charge in [0.25, 0.3) is 0 Å². The fourth-order valence-electron chi connectivity index (χ4n) is 2.66. The lowest BCUT2D eigenvalue weighted by Crippen LogP contribution is -2.06. The second-order valence-electron chi connectivity index (χ2n) is 5.61. The van der Waals surface area contributed by atoms with Gasteiger partial charge < -0.3 is 9.30 Å². The summed E-state index contributed by atoms with van der Waals surface area (Å²) < 4.78 is 7.74. The number of thioether (sulfide) groups is 1. The Kier molecular flexibility index (Phi) is 6.65. The Bertz CT molecular complexity index is 833. The van der Waals surface area contributed by atoms with E-state index in [1.807, 2.05) is 49.4 Å². The standard InChI is InChI=1S/C19H20Cl2N2OS/c1-2-24-11-3-10-23-18-9-6-15(21)12-17(18)22-19(23)13-25-16-7-4-14(20)5-8-16/h4-9,12H,2-3,10-11,13H2,1H3. The summed E-state index contributed by atoms with van der Waals surface area (Å²) in [6.45, 7) is 4.41. The zero-order valence-corrected chi connectivity index (χ0v) is 16.4. The van der Waals surface area contributed by atoms with E-state index in [1.54, 1.807) is 11.8 Å². The second-order valence-corrected chi connectivity index (χ2v) is 7.53. The van der Waals surface area contributed by atoms with Gasteiger partial charge in [0.1, 0.15) is 5.82 Å². The summed E-state index contributed by atoms with van der Waals surface area (Å²) in [7, 11) is 0. The Morgan fingerprint density at radius 3 is 2.60 bits per heavy atom. The molecule has 0 saturated carbocycles. The molecule has 0 saturated heterocycles. The van der Waals surface area contributed by atoms with Gasteiger partial charge in [-0.3, -0.25) is 0 Å². The van der Waals surface area contributed by atoms with Crippen LogP contribution in [0.25, 0.3) is 11.0 Å². The molecule has 0 amide bonds. The van der Waals surface area contributed by atoms with Crippen molar-refractivity contribution >= 4 is 46.0 Å². The highest BCUT2D eigenvalue weighted by molar-refractivity contribution is 7.98. The fraction of sp³-hybridized carbons (Fsp3) is 0.316. The highest BCUT2D eigenvalue weighted by atomic mass is 35.5. The molecule has 25 heavy (non-hydrogen) atoms. The summed E-state index contributed by atoms with van der Waals surface area (Å²) in [5, 5.41) is 1.46. The first kappa shape index (κ1) is 18.6. The van der Waals surface area contributed by atoms with E-state index in [0.717, 1.165) is 53.8 Å². The van der Waals surface area contributed by atoms with E-state index >= 15 is 0 Å². The van der Waals surface area contributed by atoms with Gasteiger partial charge in [-0.05, 0) is 55.8 Å². The summed E-state index contributed by atoms with van der Waals surface area (Å²) in [5.41, 5.74) is 2.06. The molecule has 0 aliphatic heterocycles. The fourth-order valence-corrected chi connectivity index (χ4v) is 3.80. The molecule has 3 rings (SSSR count). The number of ether oxygens (including phenoxy) is 1. The SMILES string of the molecule is CCOCCCn1c(CSc2ccc(Cl)cc2)nc2cc(Cl)ccc21. The maximum Gasteiger partial charge on any atom is 0.120 e. The largest absolute Gasteiger partial charge is 0.382 e. The van der Waals surface area contributed by atoms with Crippen LogP contribution in [-0.4, -0.2) is 22.8 Å². The van der Waals surface area contributed by atoms with Crippen molar-refractivity contribution in [2.24, 2.45) is 0 Å². The average molecular weight is 395 g/mol. The van der Waals surface area contributed by atoms with Crippen LogP contribution in [0.5, 0.6) is 0 Å². The number of hydrogen-bond acceptors (Lipinski definition) is 3. The molecule has 0 atom stereocenters. The van der Waals surface area contributed by atoms with E-state index in [9.17, 15) is 0 Å². The van der Waals surface area contributed by atoms with E-state index in [0.29, 0.717) is 5.02 Å². The first-order valence-corrected chi connectivity index (χ1v) is 10.0. The Morgan fingerprint density at radius 1 is 1.08 bits per heavy atom. The van der Waals surface area contributed by atoms with E-state index in [-0.39, 0.29) is 0 Å². The molecule has 0 aliphatic carbocycles. The number of imidazole rings is 1. The maximum atomic E-state index is 6.13. The molecule has 3 nitrogen and oxygen atoms in total. The number of benzene rings is 2.